The van der Waals surface area contributed by atoms with Gasteiger partial charge in [-0.05, 0) is 22.8 Å². The first kappa shape index (κ1) is 9.63. The number of hydrogen-bond donors (Lipinski definition) is 0. The average Bonchev–Trinajstić information content (AvgIpc) is 2.29. The van der Waals surface area contributed by atoms with Crippen molar-refractivity contribution < 1.29 is 4.79 Å². The van der Waals surface area contributed by atoms with Gasteiger partial charge in [-0.25, -0.2) is 9.79 Å². The molecule has 2 heteroatoms. The van der Waals surface area contributed by atoms with Crippen LogP contribution in [0.1, 0.15) is 5.56 Å². The Kier molecular flexibility index (Phi) is 2.91. The third-order valence-electron chi connectivity index (χ3n) is 2.39. The Morgan fingerprint density at radius 3 is 2.67 bits per heavy atom. The molecular formula is C13H11NO. The normalized spacial score (nSPS) is 9.87. The molecule has 0 aromatic heterocycles. The summed E-state index contributed by atoms with van der Waals surface area (Å²) in [6.07, 6.45) is 2.34. The van der Waals surface area contributed by atoms with Crippen LogP contribution in [-0.4, -0.2) is 12.6 Å². The van der Waals surface area contributed by atoms with E-state index in [1.54, 1.807) is 6.08 Å². The van der Waals surface area contributed by atoms with Gasteiger partial charge in [-0.3, -0.25) is 0 Å². The van der Waals surface area contributed by atoms with Crippen molar-refractivity contribution in [3.63, 3.8) is 0 Å². The lowest BCUT2D eigenvalue weighted by Crippen LogP contribution is -1.88. The van der Waals surface area contributed by atoms with Crippen molar-refractivity contribution in [3.8, 4) is 0 Å². The zero-order valence-electron chi connectivity index (χ0n) is 8.31. The Morgan fingerprint density at radius 1 is 1.07 bits per heavy atom. The zero-order chi connectivity index (χ0) is 10.5. The van der Waals surface area contributed by atoms with Gasteiger partial charge in [0.2, 0.25) is 6.08 Å². The molecular weight excluding hydrogens is 186 g/mol. The molecule has 0 amide bonds. The third-order valence-corrected chi connectivity index (χ3v) is 2.39. The van der Waals surface area contributed by atoms with E-state index in [-0.39, 0.29) is 0 Å². The van der Waals surface area contributed by atoms with Crippen molar-refractivity contribution in [3.05, 3.63) is 48.0 Å². The fraction of sp³-hybridized carbons (Fsp3) is 0.154. The van der Waals surface area contributed by atoms with Crippen molar-refractivity contribution in [1.29, 1.82) is 0 Å². The smallest absolute Gasteiger partial charge is 0.211 e. The van der Waals surface area contributed by atoms with Gasteiger partial charge in [0.15, 0.2) is 0 Å². The maximum Gasteiger partial charge on any atom is 0.234 e. The predicted molar refractivity (Wildman–Crippen MR) is 60.6 cm³/mol. The largest absolute Gasteiger partial charge is 0.234 e. The first-order valence-corrected chi connectivity index (χ1v) is 4.91. The van der Waals surface area contributed by atoms with Crippen LogP contribution in [0, 0.1) is 0 Å². The van der Waals surface area contributed by atoms with Gasteiger partial charge in [0.1, 0.15) is 0 Å². The lowest BCUT2D eigenvalue weighted by atomic mass is 10.1. The summed E-state index contributed by atoms with van der Waals surface area (Å²) in [4.78, 5) is 13.5. The lowest BCUT2D eigenvalue weighted by molar-refractivity contribution is 0.563. The number of carbonyl (C=O) groups excluding carboxylic acids is 1. The molecule has 74 valence electrons. The van der Waals surface area contributed by atoms with Crippen LogP contribution in [0.25, 0.3) is 10.8 Å². The van der Waals surface area contributed by atoms with Crippen LogP contribution in [0.3, 0.4) is 0 Å². The highest BCUT2D eigenvalue weighted by molar-refractivity contribution is 5.82. The molecule has 2 rings (SSSR count). The average molecular weight is 197 g/mol. The molecule has 0 fully saturated rings. The minimum atomic E-state index is 0.516. The van der Waals surface area contributed by atoms with Crippen LogP contribution in [0.4, 0.5) is 0 Å². The molecule has 0 N–H and O–H groups in total. The van der Waals surface area contributed by atoms with E-state index in [0.717, 1.165) is 6.42 Å². The molecule has 15 heavy (non-hydrogen) atoms. The number of hydrogen-bond acceptors (Lipinski definition) is 2. The van der Waals surface area contributed by atoms with Gasteiger partial charge in [0.05, 0.1) is 6.54 Å². The molecule has 0 aliphatic carbocycles. The second-order valence-corrected chi connectivity index (χ2v) is 3.40. The topological polar surface area (TPSA) is 29.4 Å². The molecule has 2 aromatic rings. The fourth-order valence-electron chi connectivity index (χ4n) is 1.62. The second-order valence-electron chi connectivity index (χ2n) is 3.40. The first-order chi connectivity index (χ1) is 7.40. The first-order valence-electron chi connectivity index (χ1n) is 4.91. The van der Waals surface area contributed by atoms with E-state index < -0.39 is 0 Å². The number of aliphatic imine (C=N–C) groups is 1. The molecule has 0 unspecified atom stereocenters. The Morgan fingerprint density at radius 2 is 1.87 bits per heavy atom. The van der Waals surface area contributed by atoms with Gasteiger partial charge >= 0.3 is 0 Å². The van der Waals surface area contributed by atoms with E-state index in [4.69, 9.17) is 0 Å². The Bertz CT molecular complexity index is 513. The molecule has 0 bridgehead atoms. The number of benzene rings is 2. The molecule has 0 atom stereocenters. The number of fused-ring (bicyclic) bond motifs is 1. The second kappa shape index (κ2) is 4.54. The highest BCUT2D eigenvalue weighted by atomic mass is 16.1. The summed E-state index contributed by atoms with van der Waals surface area (Å²) in [5, 5.41) is 2.46. The monoisotopic (exact) mass is 197 g/mol. The zero-order valence-corrected chi connectivity index (χ0v) is 8.31. The molecule has 2 aromatic carbocycles. The molecule has 0 saturated heterocycles. The Balaban J connectivity index is 2.26. The van der Waals surface area contributed by atoms with Crippen LogP contribution in [0.2, 0.25) is 0 Å². The summed E-state index contributed by atoms with van der Waals surface area (Å²) >= 11 is 0. The molecule has 0 aliphatic rings. The van der Waals surface area contributed by atoms with Crippen molar-refractivity contribution >= 4 is 16.9 Å². The van der Waals surface area contributed by atoms with Crippen molar-refractivity contribution in [2.45, 2.75) is 6.42 Å². The molecule has 2 nitrogen and oxygen atoms in total. The van der Waals surface area contributed by atoms with Crippen molar-refractivity contribution in [2.75, 3.05) is 6.54 Å². The molecule has 0 radical (unpaired) electrons. The van der Waals surface area contributed by atoms with Crippen LogP contribution < -0.4 is 0 Å². The SMILES string of the molecule is O=C=NCCc1ccc2ccccc2c1. The summed E-state index contributed by atoms with van der Waals surface area (Å²) in [6, 6.07) is 14.5. The number of isocyanates is 1. The third kappa shape index (κ3) is 2.30. The number of rotatable bonds is 3. The maximum absolute atomic E-state index is 9.92. The fourth-order valence-corrected chi connectivity index (χ4v) is 1.62. The van der Waals surface area contributed by atoms with E-state index in [9.17, 15) is 4.79 Å². The minimum Gasteiger partial charge on any atom is -0.211 e. The molecule has 0 spiro atoms. The Labute approximate surface area is 88.3 Å². The quantitative estimate of drug-likeness (QED) is 0.549. The van der Waals surface area contributed by atoms with Crippen molar-refractivity contribution in [2.24, 2.45) is 4.99 Å². The standard InChI is InChI=1S/C13H11NO/c15-10-14-8-7-11-5-6-12-3-1-2-4-13(12)9-11/h1-6,9H,7-8H2. The maximum atomic E-state index is 9.92. The van der Waals surface area contributed by atoms with E-state index in [1.165, 1.54) is 16.3 Å². The summed E-state index contributed by atoms with van der Waals surface area (Å²) in [6.45, 7) is 0.516. The van der Waals surface area contributed by atoms with Gasteiger partial charge in [0.25, 0.3) is 0 Å². The van der Waals surface area contributed by atoms with E-state index >= 15 is 0 Å². The predicted octanol–water partition coefficient (Wildman–Crippen LogP) is 2.72. The summed E-state index contributed by atoms with van der Waals surface area (Å²) in [5.41, 5.74) is 1.20. The molecule has 0 saturated carbocycles. The minimum absolute atomic E-state index is 0.516. The van der Waals surface area contributed by atoms with Crippen LogP contribution in [0.15, 0.2) is 47.5 Å². The van der Waals surface area contributed by atoms with Gasteiger partial charge in [-0.2, -0.15) is 0 Å². The number of nitrogens with zero attached hydrogens (tertiary/aromatic N) is 1. The van der Waals surface area contributed by atoms with Gasteiger partial charge in [-0.15, -0.1) is 0 Å². The van der Waals surface area contributed by atoms with Gasteiger partial charge in [0, 0.05) is 0 Å². The van der Waals surface area contributed by atoms with Gasteiger partial charge < -0.3 is 0 Å². The summed E-state index contributed by atoms with van der Waals surface area (Å²) < 4.78 is 0. The van der Waals surface area contributed by atoms with Gasteiger partial charge in [-0.1, -0.05) is 42.5 Å². The van der Waals surface area contributed by atoms with E-state index in [0.29, 0.717) is 6.54 Å². The highest BCUT2D eigenvalue weighted by Crippen LogP contribution is 2.15. The van der Waals surface area contributed by atoms with E-state index in [1.807, 2.05) is 12.1 Å². The summed E-state index contributed by atoms with van der Waals surface area (Å²) in [7, 11) is 0. The van der Waals surface area contributed by atoms with Crippen molar-refractivity contribution in [1.82, 2.24) is 0 Å². The lowest BCUT2D eigenvalue weighted by Gasteiger charge is -2.01. The molecule has 0 aliphatic heterocycles. The van der Waals surface area contributed by atoms with Crippen LogP contribution in [-0.2, 0) is 11.2 Å². The molecule has 0 heterocycles. The summed E-state index contributed by atoms with van der Waals surface area (Å²) in [5.74, 6) is 0. The van der Waals surface area contributed by atoms with E-state index in [2.05, 4.69) is 35.3 Å². The van der Waals surface area contributed by atoms with Crippen LogP contribution in [0.5, 0.6) is 0 Å². The highest BCUT2D eigenvalue weighted by Gasteiger charge is 1.95. The Hall–Kier alpha value is -1.92. The van der Waals surface area contributed by atoms with Crippen LogP contribution >= 0.6 is 0 Å².